The van der Waals surface area contributed by atoms with Gasteiger partial charge >= 0.3 is 0 Å². The van der Waals surface area contributed by atoms with E-state index < -0.39 is 0 Å². The van der Waals surface area contributed by atoms with E-state index in [1.54, 1.807) is 0 Å². The van der Waals surface area contributed by atoms with Crippen LogP contribution in [-0.4, -0.2) is 33.7 Å². The fraction of sp³-hybridized carbons (Fsp3) is 0.625. The summed E-state index contributed by atoms with van der Waals surface area (Å²) < 4.78 is 5.40. The van der Waals surface area contributed by atoms with Crippen molar-refractivity contribution in [2.45, 2.75) is 25.5 Å². The van der Waals surface area contributed by atoms with E-state index in [2.05, 4.69) is 20.3 Å². The maximum Gasteiger partial charge on any atom is 0.229 e. The van der Waals surface area contributed by atoms with Crippen LogP contribution in [0.2, 0.25) is 5.28 Å². The first kappa shape index (κ1) is 10.4. The molecule has 0 aliphatic carbocycles. The number of nitrogen functional groups attached to an aromatic ring is 1. The molecule has 6 nitrogen and oxygen atoms in total. The van der Waals surface area contributed by atoms with E-state index in [1.165, 1.54) is 0 Å². The van der Waals surface area contributed by atoms with Gasteiger partial charge in [-0.15, -0.1) is 0 Å². The molecule has 0 radical (unpaired) electrons. The molecule has 7 heteroatoms. The Bertz CT molecular complexity index is 341. The molecule has 1 saturated heterocycles. The lowest BCUT2D eigenvalue weighted by Gasteiger charge is -2.15. The van der Waals surface area contributed by atoms with E-state index in [1.807, 2.05) is 6.92 Å². The Labute approximate surface area is 92.2 Å². The van der Waals surface area contributed by atoms with Crippen molar-refractivity contribution in [3.63, 3.8) is 0 Å². The van der Waals surface area contributed by atoms with Crippen molar-refractivity contribution < 1.29 is 4.74 Å². The third kappa shape index (κ3) is 2.45. The van der Waals surface area contributed by atoms with Crippen LogP contribution in [0, 0.1) is 0 Å². The molecule has 0 aromatic carbocycles. The van der Waals surface area contributed by atoms with Crippen LogP contribution in [0.1, 0.15) is 13.3 Å². The lowest BCUT2D eigenvalue weighted by atomic mass is 10.2. The maximum atomic E-state index is 5.66. The molecule has 0 spiro atoms. The number of ether oxygens (including phenoxy) is 1. The number of nitrogens with one attached hydrogen (secondary N) is 1. The van der Waals surface area contributed by atoms with E-state index >= 15 is 0 Å². The number of nitrogens with two attached hydrogens (primary N) is 1. The van der Waals surface area contributed by atoms with Crippen molar-refractivity contribution in [1.82, 2.24) is 15.0 Å². The highest BCUT2D eigenvalue weighted by molar-refractivity contribution is 6.28. The molecule has 1 fully saturated rings. The zero-order valence-corrected chi connectivity index (χ0v) is 9.03. The van der Waals surface area contributed by atoms with Gasteiger partial charge in [0.2, 0.25) is 17.2 Å². The predicted molar refractivity (Wildman–Crippen MR) is 56.7 cm³/mol. The van der Waals surface area contributed by atoms with Gasteiger partial charge in [-0.05, 0) is 24.9 Å². The molecule has 0 amide bonds. The number of nitrogens with zero attached hydrogens (tertiary/aromatic N) is 3. The first-order chi connectivity index (χ1) is 7.15. The van der Waals surface area contributed by atoms with Gasteiger partial charge in [0.25, 0.3) is 0 Å². The summed E-state index contributed by atoms with van der Waals surface area (Å²) in [6, 6.07) is 0.197. The minimum atomic E-state index is 0.0940. The lowest BCUT2D eigenvalue weighted by molar-refractivity contribution is 0.121. The lowest BCUT2D eigenvalue weighted by Crippen LogP contribution is -2.27. The second kappa shape index (κ2) is 4.16. The van der Waals surface area contributed by atoms with Crippen LogP contribution in [0.25, 0.3) is 0 Å². The van der Waals surface area contributed by atoms with Gasteiger partial charge in [0, 0.05) is 6.61 Å². The molecule has 0 saturated carbocycles. The molecule has 1 aliphatic rings. The second-order valence-corrected chi connectivity index (χ2v) is 3.74. The highest BCUT2D eigenvalue weighted by Crippen LogP contribution is 2.17. The van der Waals surface area contributed by atoms with Crippen molar-refractivity contribution >= 4 is 23.5 Å². The van der Waals surface area contributed by atoms with Crippen LogP contribution in [0.3, 0.4) is 0 Å². The number of hydrogen-bond donors (Lipinski definition) is 2. The zero-order chi connectivity index (χ0) is 10.8. The van der Waals surface area contributed by atoms with Crippen LogP contribution in [0.5, 0.6) is 0 Å². The van der Waals surface area contributed by atoms with Crippen LogP contribution in [0.4, 0.5) is 11.9 Å². The zero-order valence-electron chi connectivity index (χ0n) is 8.27. The van der Waals surface area contributed by atoms with E-state index in [9.17, 15) is 0 Å². The Kier molecular flexibility index (Phi) is 2.88. The van der Waals surface area contributed by atoms with Crippen molar-refractivity contribution in [2.24, 2.45) is 0 Å². The molecule has 2 heterocycles. The molecule has 1 aliphatic heterocycles. The van der Waals surface area contributed by atoms with Crippen LogP contribution >= 0.6 is 11.6 Å². The Morgan fingerprint density at radius 2 is 2.27 bits per heavy atom. The van der Waals surface area contributed by atoms with Crippen LogP contribution in [0.15, 0.2) is 0 Å². The Morgan fingerprint density at radius 1 is 1.47 bits per heavy atom. The van der Waals surface area contributed by atoms with Gasteiger partial charge in [0.1, 0.15) is 0 Å². The second-order valence-electron chi connectivity index (χ2n) is 3.40. The molecule has 1 aromatic rings. The quantitative estimate of drug-likeness (QED) is 0.776. The summed E-state index contributed by atoms with van der Waals surface area (Å²) in [5, 5.41) is 3.21. The standard InChI is InChI=1S/C8H12ClN5O/c1-4-5(2-3-15-4)11-8-13-6(9)12-7(10)14-8/h4-5H,2-3H2,1H3,(H3,10,11,12,13,14). The van der Waals surface area contributed by atoms with Gasteiger partial charge in [-0.2, -0.15) is 15.0 Å². The van der Waals surface area contributed by atoms with E-state index in [0.29, 0.717) is 5.95 Å². The molecular weight excluding hydrogens is 218 g/mol. The summed E-state index contributed by atoms with van der Waals surface area (Å²) in [5.74, 6) is 0.513. The smallest absolute Gasteiger partial charge is 0.229 e. The number of rotatable bonds is 2. The van der Waals surface area contributed by atoms with Crippen molar-refractivity contribution in [2.75, 3.05) is 17.7 Å². The summed E-state index contributed by atoms with van der Waals surface area (Å²) in [6.45, 7) is 2.74. The summed E-state index contributed by atoms with van der Waals surface area (Å²) >= 11 is 5.66. The first-order valence-electron chi connectivity index (χ1n) is 4.70. The van der Waals surface area contributed by atoms with E-state index in [4.69, 9.17) is 22.1 Å². The summed E-state index contributed by atoms with van der Waals surface area (Å²) in [6.07, 6.45) is 1.06. The third-order valence-electron chi connectivity index (χ3n) is 2.32. The normalized spacial score (nSPS) is 25.5. The fourth-order valence-corrected chi connectivity index (χ4v) is 1.68. The molecule has 1 aromatic heterocycles. The van der Waals surface area contributed by atoms with Gasteiger partial charge in [0.15, 0.2) is 0 Å². The van der Waals surface area contributed by atoms with Gasteiger partial charge < -0.3 is 15.8 Å². The average Bonchev–Trinajstić information content (AvgIpc) is 2.50. The Hall–Kier alpha value is -1.14. The minimum absolute atomic E-state index is 0.0940. The van der Waals surface area contributed by atoms with E-state index in [-0.39, 0.29) is 23.4 Å². The van der Waals surface area contributed by atoms with Gasteiger partial charge in [-0.3, -0.25) is 0 Å². The molecule has 3 N–H and O–H groups in total. The van der Waals surface area contributed by atoms with Crippen molar-refractivity contribution in [3.05, 3.63) is 5.28 Å². The number of hydrogen-bond acceptors (Lipinski definition) is 6. The van der Waals surface area contributed by atoms with Crippen molar-refractivity contribution in [3.8, 4) is 0 Å². The topological polar surface area (TPSA) is 86.0 Å². The average molecular weight is 230 g/mol. The molecule has 2 atom stereocenters. The summed E-state index contributed by atoms with van der Waals surface area (Å²) in [7, 11) is 0. The van der Waals surface area contributed by atoms with E-state index in [0.717, 1.165) is 13.0 Å². The van der Waals surface area contributed by atoms with Gasteiger partial charge in [-0.1, -0.05) is 0 Å². The molecule has 0 bridgehead atoms. The summed E-state index contributed by atoms with van der Waals surface area (Å²) in [4.78, 5) is 11.5. The van der Waals surface area contributed by atoms with Crippen LogP contribution < -0.4 is 11.1 Å². The molecule has 82 valence electrons. The van der Waals surface area contributed by atoms with Crippen molar-refractivity contribution in [1.29, 1.82) is 0 Å². The molecule has 15 heavy (non-hydrogen) atoms. The molecular formula is C8H12ClN5O. The van der Waals surface area contributed by atoms with Crippen LogP contribution in [-0.2, 0) is 4.74 Å². The van der Waals surface area contributed by atoms with Gasteiger partial charge in [-0.25, -0.2) is 0 Å². The molecule has 2 unspecified atom stereocenters. The molecule has 2 rings (SSSR count). The third-order valence-corrected chi connectivity index (χ3v) is 2.49. The first-order valence-corrected chi connectivity index (χ1v) is 5.08. The van der Waals surface area contributed by atoms with Gasteiger partial charge in [0.05, 0.1) is 12.1 Å². The predicted octanol–water partition coefficient (Wildman–Crippen LogP) is 0.696. The number of halogens is 1. The summed E-state index contributed by atoms with van der Waals surface area (Å²) in [5.41, 5.74) is 5.45. The SMILES string of the molecule is CC1OCCC1Nc1nc(N)nc(Cl)n1. The Balaban J connectivity index is 2.10. The highest BCUT2D eigenvalue weighted by atomic mass is 35.5. The Morgan fingerprint density at radius 3 is 2.87 bits per heavy atom. The maximum absolute atomic E-state index is 5.66. The highest BCUT2D eigenvalue weighted by Gasteiger charge is 2.24. The largest absolute Gasteiger partial charge is 0.376 e. The number of aromatic nitrogens is 3. The number of anilines is 2. The minimum Gasteiger partial charge on any atom is -0.376 e. The monoisotopic (exact) mass is 229 g/mol. The fourth-order valence-electron chi connectivity index (χ4n) is 1.52.